The Balaban J connectivity index is 1.58. The minimum atomic E-state index is -4.71. The second kappa shape index (κ2) is 9.20. The van der Waals surface area contributed by atoms with Gasteiger partial charge >= 0.3 is 6.18 Å². The van der Waals surface area contributed by atoms with E-state index >= 15 is 0 Å². The number of aryl methyl sites for hydroxylation is 1. The third kappa shape index (κ3) is 5.01. The van der Waals surface area contributed by atoms with Crippen molar-refractivity contribution in [2.75, 3.05) is 18.4 Å². The van der Waals surface area contributed by atoms with E-state index in [0.717, 1.165) is 11.3 Å². The van der Waals surface area contributed by atoms with Crippen LogP contribution in [0, 0.1) is 12.8 Å². The summed E-state index contributed by atoms with van der Waals surface area (Å²) in [6, 6.07) is 1.02. The SMILES string of the molecule is Cc1sc(-c2nc(N[C@H]3CCN(S(=O)(=O)c4cnc[nH]4)C[C@H]3C)ncc2C(F)(F)F)cc1C(N)=O. The first-order valence-corrected chi connectivity index (χ1v) is 12.7. The monoisotopic (exact) mass is 529 g/mol. The molecule has 2 atom stereocenters. The maximum absolute atomic E-state index is 13.7. The Kier molecular flexibility index (Phi) is 6.59. The number of primary amides is 1. The molecule has 4 heterocycles. The molecule has 0 spiro atoms. The van der Waals surface area contributed by atoms with Gasteiger partial charge in [0, 0.05) is 30.2 Å². The summed E-state index contributed by atoms with van der Waals surface area (Å²) in [4.78, 5) is 26.6. The van der Waals surface area contributed by atoms with Crippen LogP contribution in [-0.2, 0) is 16.2 Å². The largest absolute Gasteiger partial charge is 0.420 e. The number of halogens is 3. The molecule has 10 nitrogen and oxygen atoms in total. The Morgan fingerprint density at radius 2 is 2.09 bits per heavy atom. The zero-order valence-electron chi connectivity index (χ0n) is 18.6. The van der Waals surface area contributed by atoms with Gasteiger partial charge in [-0.25, -0.2) is 23.4 Å². The van der Waals surface area contributed by atoms with Gasteiger partial charge in [0.2, 0.25) is 11.9 Å². The molecule has 0 aliphatic carbocycles. The van der Waals surface area contributed by atoms with Crippen LogP contribution >= 0.6 is 11.3 Å². The van der Waals surface area contributed by atoms with E-state index in [1.165, 1.54) is 22.9 Å². The molecule has 0 radical (unpaired) electrons. The first kappa shape index (κ1) is 25.1. The van der Waals surface area contributed by atoms with Gasteiger partial charge in [0.25, 0.3) is 10.0 Å². The number of carbonyl (C=O) groups excluding carboxylic acids is 1. The number of imidazole rings is 1. The zero-order valence-corrected chi connectivity index (χ0v) is 20.3. The lowest BCUT2D eigenvalue weighted by Crippen LogP contribution is -2.47. The number of H-pyrrole nitrogens is 1. The molecule has 3 aromatic rings. The summed E-state index contributed by atoms with van der Waals surface area (Å²) in [5.74, 6) is -0.959. The molecule has 0 unspecified atom stereocenters. The van der Waals surface area contributed by atoms with Gasteiger partial charge in [0.05, 0.1) is 28.7 Å². The number of hydrogen-bond donors (Lipinski definition) is 3. The van der Waals surface area contributed by atoms with Gasteiger partial charge in [-0.2, -0.15) is 17.5 Å². The van der Waals surface area contributed by atoms with E-state index in [-0.39, 0.29) is 52.2 Å². The Morgan fingerprint density at radius 1 is 1.34 bits per heavy atom. The van der Waals surface area contributed by atoms with Crippen LogP contribution in [0.5, 0.6) is 0 Å². The molecule has 4 N–H and O–H groups in total. The number of alkyl halides is 3. The number of rotatable bonds is 6. The van der Waals surface area contributed by atoms with Crippen molar-refractivity contribution in [1.29, 1.82) is 0 Å². The molecule has 1 saturated heterocycles. The number of nitrogens with one attached hydrogen (secondary N) is 2. The van der Waals surface area contributed by atoms with Crippen molar-refractivity contribution >= 4 is 33.2 Å². The number of anilines is 1. The van der Waals surface area contributed by atoms with E-state index < -0.39 is 27.7 Å². The quantitative estimate of drug-likeness (QED) is 0.445. The molecule has 1 aliphatic heterocycles. The highest BCUT2D eigenvalue weighted by Crippen LogP contribution is 2.39. The molecule has 1 aliphatic rings. The van der Waals surface area contributed by atoms with E-state index in [9.17, 15) is 26.4 Å². The van der Waals surface area contributed by atoms with E-state index in [1.807, 2.05) is 6.92 Å². The number of amides is 1. The molecule has 0 bridgehead atoms. The lowest BCUT2D eigenvalue weighted by molar-refractivity contribution is -0.137. The van der Waals surface area contributed by atoms with Crippen molar-refractivity contribution in [3.63, 3.8) is 0 Å². The number of hydrogen-bond acceptors (Lipinski definition) is 8. The van der Waals surface area contributed by atoms with Gasteiger partial charge < -0.3 is 16.0 Å². The maximum atomic E-state index is 13.7. The average molecular weight is 530 g/mol. The van der Waals surface area contributed by atoms with Crippen LogP contribution in [0.2, 0.25) is 0 Å². The molecular formula is C20H22F3N7O3S2. The maximum Gasteiger partial charge on any atom is 0.420 e. The van der Waals surface area contributed by atoms with Crippen LogP contribution in [0.15, 0.2) is 29.8 Å². The molecule has 15 heteroatoms. The Labute approximate surface area is 202 Å². The van der Waals surface area contributed by atoms with Crippen LogP contribution < -0.4 is 11.1 Å². The third-order valence-electron chi connectivity index (χ3n) is 5.78. The third-order valence-corrected chi connectivity index (χ3v) is 8.63. The van der Waals surface area contributed by atoms with Crippen LogP contribution in [0.25, 0.3) is 10.6 Å². The van der Waals surface area contributed by atoms with E-state index in [1.54, 1.807) is 6.92 Å². The number of aromatic nitrogens is 4. The molecule has 35 heavy (non-hydrogen) atoms. The zero-order chi connectivity index (χ0) is 25.5. The number of nitrogens with zero attached hydrogens (tertiary/aromatic N) is 4. The number of carbonyl (C=O) groups is 1. The summed E-state index contributed by atoms with van der Waals surface area (Å²) >= 11 is 0.983. The number of piperidine rings is 1. The number of aromatic amines is 1. The fourth-order valence-electron chi connectivity index (χ4n) is 3.92. The van der Waals surface area contributed by atoms with Gasteiger partial charge in [0.1, 0.15) is 5.56 Å². The molecule has 0 saturated carbocycles. The Bertz CT molecular complexity index is 1340. The topological polar surface area (TPSA) is 147 Å². The van der Waals surface area contributed by atoms with Crippen LogP contribution in [0.1, 0.15) is 34.1 Å². The minimum Gasteiger partial charge on any atom is -0.366 e. The smallest absolute Gasteiger partial charge is 0.366 e. The second-order valence-corrected chi connectivity index (χ2v) is 11.4. The lowest BCUT2D eigenvalue weighted by Gasteiger charge is -2.36. The summed E-state index contributed by atoms with van der Waals surface area (Å²) in [6.07, 6.45) is -1.11. The van der Waals surface area contributed by atoms with E-state index in [4.69, 9.17) is 5.73 Å². The summed E-state index contributed by atoms with van der Waals surface area (Å²) in [5.41, 5.74) is 4.06. The molecule has 0 aromatic carbocycles. The normalized spacial score (nSPS) is 19.6. The van der Waals surface area contributed by atoms with Gasteiger partial charge in [-0.1, -0.05) is 6.92 Å². The van der Waals surface area contributed by atoms with Crippen molar-refractivity contribution < 1.29 is 26.4 Å². The van der Waals surface area contributed by atoms with Crippen molar-refractivity contribution in [3.05, 3.63) is 40.8 Å². The summed E-state index contributed by atoms with van der Waals surface area (Å²) in [7, 11) is -3.73. The van der Waals surface area contributed by atoms with Crippen molar-refractivity contribution in [2.45, 2.75) is 37.5 Å². The molecule has 1 fully saturated rings. The van der Waals surface area contributed by atoms with Crippen LogP contribution in [0.4, 0.5) is 19.1 Å². The minimum absolute atomic E-state index is 0.00612. The predicted octanol–water partition coefficient (Wildman–Crippen LogP) is 2.87. The number of sulfonamides is 1. The number of nitrogens with two attached hydrogens (primary N) is 1. The predicted molar refractivity (Wildman–Crippen MR) is 122 cm³/mol. The van der Waals surface area contributed by atoms with Crippen LogP contribution in [0.3, 0.4) is 0 Å². The van der Waals surface area contributed by atoms with E-state index in [2.05, 4.69) is 25.3 Å². The molecule has 4 rings (SSSR count). The highest BCUT2D eigenvalue weighted by molar-refractivity contribution is 7.89. The van der Waals surface area contributed by atoms with Gasteiger partial charge in [0.15, 0.2) is 5.03 Å². The van der Waals surface area contributed by atoms with Gasteiger partial charge in [-0.15, -0.1) is 11.3 Å². The van der Waals surface area contributed by atoms with Gasteiger partial charge in [-0.3, -0.25) is 4.79 Å². The van der Waals surface area contributed by atoms with E-state index in [0.29, 0.717) is 17.5 Å². The molecule has 188 valence electrons. The summed E-state index contributed by atoms with van der Waals surface area (Å²) in [5, 5.41) is 3.05. The van der Waals surface area contributed by atoms with Gasteiger partial charge in [-0.05, 0) is 25.3 Å². The summed E-state index contributed by atoms with van der Waals surface area (Å²) < 4.78 is 67.8. The average Bonchev–Trinajstić information content (AvgIpc) is 3.45. The Morgan fingerprint density at radius 3 is 2.66 bits per heavy atom. The first-order valence-electron chi connectivity index (χ1n) is 10.5. The van der Waals surface area contributed by atoms with Crippen molar-refractivity contribution in [2.24, 2.45) is 11.7 Å². The molecular weight excluding hydrogens is 507 g/mol. The molecule has 1 amide bonds. The second-order valence-electron chi connectivity index (χ2n) is 8.19. The standard InChI is InChI=1S/C20H22F3N7O3S2/c1-10-8-30(35(32,33)16-7-25-9-27-16)4-3-14(10)28-19-26-6-13(20(21,22)23)17(29-19)15-5-12(18(24)31)11(2)34-15/h5-7,9-10,14H,3-4,8H2,1-2H3,(H2,24,31)(H,25,27)(H,26,28,29)/t10-,14+/m1/s1. The lowest BCUT2D eigenvalue weighted by atomic mass is 9.95. The number of thiophene rings is 1. The highest BCUT2D eigenvalue weighted by atomic mass is 32.2. The first-order chi connectivity index (χ1) is 16.4. The summed E-state index contributed by atoms with van der Waals surface area (Å²) in [6.45, 7) is 3.81. The molecule has 3 aromatic heterocycles. The van der Waals surface area contributed by atoms with Crippen LogP contribution in [-0.4, -0.2) is 57.7 Å². The highest BCUT2D eigenvalue weighted by Gasteiger charge is 2.37. The Hall–Kier alpha value is -3.04. The fraction of sp³-hybridized carbons (Fsp3) is 0.400. The van der Waals surface area contributed by atoms with Crippen molar-refractivity contribution in [3.8, 4) is 10.6 Å². The van der Waals surface area contributed by atoms with Crippen molar-refractivity contribution in [1.82, 2.24) is 24.2 Å². The fourth-order valence-corrected chi connectivity index (χ4v) is 6.40.